The molecule has 14 heavy (non-hydrogen) atoms. The summed E-state index contributed by atoms with van der Waals surface area (Å²) < 4.78 is 15.9. The average molecular weight is 200 g/mol. The van der Waals surface area contributed by atoms with Crippen LogP contribution in [0.25, 0.3) is 0 Å². The number of hydrogen-bond donors (Lipinski definition) is 0. The van der Waals surface area contributed by atoms with Crippen LogP contribution in [0.3, 0.4) is 0 Å². The van der Waals surface area contributed by atoms with Crippen molar-refractivity contribution in [3.8, 4) is 0 Å². The lowest BCUT2D eigenvalue weighted by Crippen LogP contribution is -2.38. The van der Waals surface area contributed by atoms with Crippen LogP contribution in [0, 0.1) is 11.8 Å². The molecule has 0 aromatic carbocycles. The van der Waals surface area contributed by atoms with Crippen molar-refractivity contribution in [3.05, 3.63) is 0 Å². The average Bonchev–Trinajstić information content (AvgIpc) is 2.41. The number of esters is 1. The van der Waals surface area contributed by atoms with Gasteiger partial charge in [0.15, 0.2) is 6.10 Å². The van der Waals surface area contributed by atoms with Crippen LogP contribution in [-0.2, 0) is 19.0 Å². The Labute approximate surface area is 83.5 Å². The Morgan fingerprint density at radius 1 is 1.43 bits per heavy atom. The third kappa shape index (κ3) is 1.42. The van der Waals surface area contributed by atoms with Gasteiger partial charge in [0.25, 0.3) is 0 Å². The zero-order valence-corrected chi connectivity index (χ0v) is 8.73. The van der Waals surface area contributed by atoms with Crippen molar-refractivity contribution in [2.75, 3.05) is 7.11 Å². The molecule has 2 aliphatic heterocycles. The number of rotatable bonds is 1. The topological polar surface area (TPSA) is 44.8 Å². The first-order chi connectivity index (χ1) is 6.63. The van der Waals surface area contributed by atoms with Crippen LogP contribution in [0.15, 0.2) is 0 Å². The summed E-state index contributed by atoms with van der Waals surface area (Å²) >= 11 is 0. The zero-order chi connectivity index (χ0) is 10.3. The second-order valence-corrected chi connectivity index (χ2v) is 4.20. The summed E-state index contributed by atoms with van der Waals surface area (Å²) in [6.45, 7) is 4.09. The molecule has 2 bridgehead atoms. The maximum Gasteiger partial charge on any atom is 0.337 e. The van der Waals surface area contributed by atoms with Gasteiger partial charge in [-0.2, -0.15) is 0 Å². The normalized spacial score (nSPS) is 47.4. The number of methoxy groups -OCH3 is 1. The summed E-state index contributed by atoms with van der Waals surface area (Å²) in [5.74, 6) is 0.204. The lowest BCUT2D eigenvalue weighted by molar-refractivity contribution is -0.174. The summed E-state index contributed by atoms with van der Waals surface area (Å²) in [5.41, 5.74) is 0. The highest BCUT2D eigenvalue weighted by molar-refractivity contribution is 5.75. The summed E-state index contributed by atoms with van der Waals surface area (Å²) in [6.07, 6.45) is 0.0474. The molecule has 2 heterocycles. The Morgan fingerprint density at radius 2 is 2.14 bits per heavy atom. The first kappa shape index (κ1) is 9.93. The molecule has 4 unspecified atom stereocenters. The number of fused-ring (bicyclic) bond motifs is 2. The van der Waals surface area contributed by atoms with Crippen molar-refractivity contribution in [3.63, 3.8) is 0 Å². The molecule has 2 saturated heterocycles. The highest BCUT2D eigenvalue weighted by Crippen LogP contribution is 2.36. The van der Waals surface area contributed by atoms with Crippen molar-refractivity contribution < 1.29 is 19.0 Å². The summed E-state index contributed by atoms with van der Waals surface area (Å²) in [5, 5.41) is 0. The third-order valence-electron chi connectivity index (χ3n) is 3.16. The van der Waals surface area contributed by atoms with Gasteiger partial charge in [0.2, 0.25) is 6.29 Å². The molecule has 0 aliphatic carbocycles. The van der Waals surface area contributed by atoms with Gasteiger partial charge in [-0.25, -0.2) is 4.79 Å². The molecule has 0 radical (unpaired) electrons. The second kappa shape index (κ2) is 3.51. The largest absolute Gasteiger partial charge is 0.434 e. The van der Waals surface area contributed by atoms with Crippen LogP contribution in [-0.4, -0.2) is 31.6 Å². The molecule has 2 rings (SSSR count). The van der Waals surface area contributed by atoms with Crippen LogP contribution >= 0.6 is 0 Å². The molecule has 5 atom stereocenters. The molecule has 0 saturated carbocycles. The van der Waals surface area contributed by atoms with E-state index >= 15 is 0 Å². The van der Waals surface area contributed by atoms with Crippen molar-refractivity contribution >= 4 is 5.97 Å². The monoisotopic (exact) mass is 200 g/mol. The third-order valence-corrected chi connectivity index (χ3v) is 3.16. The minimum atomic E-state index is -0.479. The van der Waals surface area contributed by atoms with Crippen LogP contribution in [0.1, 0.15) is 20.3 Å². The van der Waals surface area contributed by atoms with Crippen LogP contribution < -0.4 is 0 Å². The summed E-state index contributed by atoms with van der Waals surface area (Å²) in [7, 11) is 1.53. The molecule has 0 amide bonds. The molecule has 4 heteroatoms. The fourth-order valence-corrected chi connectivity index (χ4v) is 2.42. The van der Waals surface area contributed by atoms with E-state index in [-0.39, 0.29) is 24.3 Å². The first-order valence-corrected chi connectivity index (χ1v) is 5.02. The highest BCUT2D eigenvalue weighted by atomic mass is 16.7. The summed E-state index contributed by atoms with van der Waals surface area (Å²) in [6, 6.07) is 0. The van der Waals surface area contributed by atoms with E-state index in [1.807, 2.05) is 6.92 Å². The molecule has 80 valence electrons. The molecule has 0 spiro atoms. The molecular weight excluding hydrogens is 184 g/mol. The van der Waals surface area contributed by atoms with E-state index in [4.69, 9.17) is 14.2 Å². The summed E-state index contributed by atoms with van der Waals surface area (Å²) in [4.78, 5) is 11.5. The van der Waals surface area contributed by atoms with Gasteiger partial charge in [0.1, 0.15) is 0 Å². The molecule has 0 aromatic rings. The Morgan fingerprint density at radius 3 is 2.79 bits per heavy atom. The Hall–Kier alpha value is -0.610. The van der Waals surface area contributed by atoms with Gasteiger partial charge in [0, 0.05) is 19.4 Å². The van der Waals surface area contributed by atoms with Crippen molar-refractivity contribution in [2.24, 2.45) is 11.8 Å². The maximum atomic E-state index is 11.5. The quantitative estimate of drug-likeness (QED) is 0.591. The molecule has 0 aromatic heterocycles. The van der Waals surface area contributed by atoms with E-state index < -0.39 is 6.10 Å². The van der Waals surface area contributed by atoms with E-state index in [0.717, 1.165) is 6.42 Å². The number of hydrogen-bond acceptors (Lipinski definition) is 4. The maximum absolute atomic E-state index is 11.5. The Bertz CT molecular complexity index is 240. The Balaban J connectivity index is 2.21. The smallest absolute Gasteiger partial charge is 0.337 e. The minimum absolute atomic E-state index is 0.0648. The van der Waals surface area contributed by atoms with Gasteiger partial charge in [-0.1, -0.05) is 13.8 Å². The molecular formula is C10H16O4. The fourth-order valence-electron chi connectivity index (χ4n) is 2.42. The fraction of sp³-hybridized carbons (Fsp3) is 0.900. The predicted molar refractivity (Wildman–Crippen MR) is 48.5 cm³/mol. The van der Waals surface area contributed by atoms with E-state index in [2.05, 4.69) is 6.92 Å². The molecule has 2 aliphatic rings. The minimum Gasteiger partial charge on any atom is -0.434 e. The van der Waals surface area contributed by atoms with Crippen molar-refractivity contribution in [1.82, 2.24) is 0 Å². The lowest BCUT2D eigenvalue weighted by atomic mass is 9.88. The van der Waals surface area contributed by atoms with Crippen molar-refractivity contribution in [2.45, 2.75) is 38.8 Å². The van der Waals surface area contributed by atoms with Crippen LogP contribution in [0.4, 0.5) is 0 Å². The highest BCUT2D eigenvalue weighted by Gasteiger charge is 2.46. The molecule has 0 N–H and O–H groups in total. The van der Waals surface area contributed by atoms with E-state index in [0.29, 0.717) is 5.92 Å². The first-order valence-electron chi connectivity index (χ1n) is 5.02. The van der Waals surface area contributed by atoms with Gasteiger partial charge in [-0.3, -0.25) is 0 Å². The van der Waals surface area contributed by atoms with Gasteiger partial charge in [-0.15, -0.1) is 0 Å². The molecule has 2 fully saturated rings. The lowest BCUT2D eigenvalue weighted by Gasteiger charge is -2.25. The van der Waals surface area contributed by atoms with Gasteiger partial charge in [-0.05, 0) is 5.92 Å². The van der Waals surface area contributed by atoms with Gasteiger partial charge in [0.05, 0.1) is 6.10 Å². The SMILES string of the molecule is CO[C@H]1C(=O)OC2CC(C)C(O2)C1C. The number of carbonyl (C=O) groups excluding carboxylic acids is 1. The van der Waals surface area contributed by atoms with E-state index in [9.17, 15) is 4.79 Å². The van der Waals surface area contributed by atoms with Crippen LogP contribution in [0.2, 0.25) is 0 Å². The zero-order valence-electron chi connectivity index (χ0n) is 8.73. The van der Waals surface area contributed by atoms with Crippen LogP contribution in [0.5, 0.6) is 0 Å². The van der Waals surface area contributed by atoms with E-state index in [1.165, 1.54) is 7.11 Å². The Kier molecular flexibility index (Phi) is 2.49. The predicted octanol–water partition coefficient (Wildman–Crippen LogP) is 0.945. The standard InChI is InChI=1S/C10H16O4/c1-5-4-7-13-8(5)6(2)9(12-3)10(11)14-7/h5-9H,4H2,1-3H3/t5?,6?,7?,8?,9-/m1/s1. The van der Waals surface area contributed by atoms with Gasteiger partial charge < -0.3 is 14.2 Å². The van der Waals surface area contributed by atoms with Gasteiger partial charge >= 0.3 is 5.97 Å². The number of carbonyl (C=O) groups is 1. The second-order valence-electron chi connectivity index (χ2n) is 4.20. The number of ether oxygens (including phenoxy) is 3. The van der Waals surface area contributed by atoms with E-state index in [1.54, 1.807) is 0 Å². The van der Waals surface area contributed by atoms with Crippen molar-refractivity contribution in [1.29, 1.82) is 0 Å². The molecule has 4 nitrogen and oxygen atoms in total.